The summed E-state index contributed by atoms with van der Waals surface area (Å²) in [6.07, 6.45) is 0. The summed E-state index contributed by atoms with van der Waals surface area (Å²) < 4.78 is 0. The molecule has 72 valence electrons. The van der Waals surface area contributed by atoms with E-state index >= 15 is 0 Å². The van der Waals surface area contributed by atoms with E-state index in [1.165, 1.54) is 0 Å². The van der Waals surface area contributed by atoms with E-state index in [1.807, 2.05) is 13.8 Å². The van der Waals surface area contributed by atoms with Crippen LogP contribution in [0.15, 0.2) is 0 Å². The highest BCUT2D eigenvalue weighted by Crippen LogP contribution is 1.89. The molecular formula is C7H14O5. The van der Waals surface area contributed by atoms with Crippen LogP contribution in [0.3, 0.4) is 0 Å². The van der Waals surface area contributed by atoms with E-state index in [1.54, 1.807) is 6.92 Å². The van der Waals surface area contributed by atoms with Crippen LogP contribution in [0.2, 0.25) is 0 Å². The van der Waals surface area contributed by atoms with Crippen molar-refractivity contribution < 1.29 is 24.6 Å². The van der Waals surface area contributed by atoms with Crippen LogP contribution in [-0.2, 0) is 14.4 Å². The normalized spacial score (nSPS) is 6.67. The van der Waals surface area contributed by atoms with Crippen LogP contribution < -0.4 is 0 Å². The summed E-state index contributed by atoms with van der Waals surface area (Å²) in [5.74, 6) is 0.472. The molecule has 0 aliphatic rings. The number of carbonyl (C=O) groups excluding carboxylic acids is 1. The fourth-order valence-electron chi connectivity index (χ4n) is 0. The van der Waals surface area contributed by atoms with Gasteiger partial charge in [-0.2, -0.15) is 0 Å². The smallest absolute Gasteiger partial charge is 0.290 e. The predicted molar refractivity (Wildman–Crippen MR) is 42.9 cm³/mol. The number of hydrogen-bond acceptors (Lipinski definition) is 3. The van der Waals surface area contributed by atoms with Crippen molar-refractivity contribution in [1.29, 1.82) is 0 Å². The molecule has 0 fully saturated rings. The zero-order valence-corrected chi connectivity index (χ0v) is 7.35. The van der Waals surface area contributed by atoms with Crippen molar-refractivity contribution in [2.24, 2.45) is 5.92 Å². The Balaban J connectivity index is -0.000000115. The van der Waals surface area contributed by atoms with Gasteiger partial charge in [0.1, 0.15) is 5.78 Å². The largest absolute Gasteiger partial charge is 0.483 e. The molecule has 0 rings (SSSR count). The second-order valence-electron chi connectivity index (χ2n) is 1.98. The van der Waals surface area contributed by atoms with Crippen LogP contribution in [0, 0.1) is 5.92 Å². The number of carboxylic acid groups (broad SMARTS) is 2. The van der Waals surface area contributed by atoms with E-state index in [2.05, 4.69) is 0 Å². The highest BCUT2D eigenvalue weighted by molar-refractivity contribution is 5.77. The van der Waals surface area contributed by atoms with Gasteiger partial charge in [-0.1, -0.05) is 13.8 Å². The highest BCUT2D eigenvalue weighted by Gasteiger charge is 1.94. The molecule has 5 heteroatoms. The third kappa shape index (κ3) is 73.2. The Morgan fingerprint density at radius 3 is 1.25 bits per heavy atom. The van der Waals surface area contributed by atoms with Crippen molar-refractivity contribution in [1.82, 2.24) is 0 Å². The maximum absolute atomic E-state index is 10.1. The predicted octanol–water partition coefficient (Wildman–Crippen LogP) is 0.633. The molecular weight excluding hydrogens is 164 g/mol. The molecule has 0 amide bonds. The van der Waals surface area contributed by atoms with Crippen LogP contribution in [0.5, 0.6) is 0 Å². The molecule has 0 aliphatic carbocycles. The summed E-state index contributed by atoms with van der Waals surface area (Å²) in [5.41, 5.74) is 0. The van der Waals surface area contributed by atoms with Crippen molar-refractivity contribution in [3.05, 3.63) is 0 Å². The van der Waals surface area contributed by atoms with Gasteiger partial charge in [-0.25, -0.2) is 0 Å². The van der Waals surface area contributed by atoms with Crippen molar-refractivity contribution >= 4 is 18.7 Å². The van der Waals surface area contributed by atoms with Crippen LogP contribution >= 0.6 is 0 Å². The lowest BCUT2D eigenvalue weighted by Crippen LogP contribution is -1.98. The molecule has 0 radical (unpaired) electrons. The molecule has 12 heavy (non-hydrogen) atoms. The Morgan fingerprint density at radius 1 is 1.17 bits per heavy atom. The maximum atomic E-state index is 10.1. The SMILES string of the molecule is CC(=O)C(C)C.O=CO.O=CO. The van der Waals surface area contributed by atoms with Crippen molar-refractivity contribution in [3.63, 3.8) is 0 Å². The summed E-state index contributed by atoms with van der Waals surface area (Å²) in [4.78, 5) is 26.9. The summed E-state index contributed by atoms with van der Waals surface area (Å²) >= 11 is 0. The van der Waals surface area contributed by atoms with Crippen molar-refractivity contribution in [3.8, 4) is 0 Å². The molecule has 0 aliphatic heterocycles. The molecule has 0 aromatic carbocycles. The van der Waals surface area contributed by atoms with Gasteiger partial charge in [-0.15, -0.1) is 0 Å². The molecule has 0 atom stereocenters. The third-order valence-electron chi connectivity index (χ3n) is 0.813. The topological polar surface area (TPSA) is 91.7 Å². The zero-order valence-electron chi connectivity index (χ0n) is 7.35. The lowest BCUT2D eigenvalue weighted by atomic mass is 10.1. The second-order valence-corrected chi connectivity index (χ2v) is 1.98. The van der Waals surface area contributed by atoms with E-state index in [-0.39, 0.29) is 24.6 Å². The van der Waals surface area contributed by atoms with Gasteiger partial charge < -0.3 is 10.2 Å². The average molecular weight is 178 g/mol. The van der Waals surface area contributed by atoms with Gasteiger partial charge >= 0.3 is 0 Å². The van der Waals surface area contributed by atoms with E-state index < -0.39 is 0 Å². The first-order chi connectivity index (χ1) is 5.47. The molecule has 0 bridgehead atoms. The zero-order chi connectivity index (χ0) is 10.6. The standard InChI is InChI=1S/C5H10O.2CH2O2/c1-4(2)5(3)6;2*2-1-3/h4H,1-3H3;2*1H,(H,2,3). The van der Waals surface area contributed by atoms with Gasteiger partial charge in [0.25, 0.3) is 12.9 Å². The minimum atomic E-state index is -0.250. The van der Waals surface area contributed by atoms with Gasteiger partial charge in [0.05, 0.1) is 0 Å². The molecule has 0 aromatic rings. The summed E-state index contributed by atoms with van der Waals surface area (Å²) in [7, 11) is 0. The third-order valence-corrected chi connectivity index (χ3v) is 0.813. The van der Waals surface area contributed by atoms with Crippen LogP contribution in [0.25, 0.3) is 0 Å². The molecule has 5 nitrogen and oxygen atoms in total. The van der Waals surface area contributed by atoms with Gasteiger partial charge in [-0.05, 0) is 6.92 Å². The lowest BCUT2D eigenvalue weighted by Gasteiger charge is -1.90. The van der Waals surface area contributed by atoms with Crippen molar-refractivity contribution in [2.45, 2.75) is 20.8 Å². The lowest BCUT2D eigenvalue weighted by molar-refractivity contribution is -0.123. The quantitative estimate of drug-likeness (QED) is 0.574. The molecule has 0 unspecified atom stereocenters. The summed E-state index contributed by atoms with van der Waals surface area (Å²) in [6, 6.07) is 0. The van der Waals surface area contributed by atoms with E-state index in [4.69, 9.17) is 19.8 Å². The molecule has 0 saturated heterocycles. The Labute approximate surface area is 71.0 Å². The van der Waals surface area contributed by atoms with Crippen LogP contribution in [-0.4, -0.2) is 28.9 Å². The minimum Gasteiger partial charge on any atom is -0.483 e. The van der Waals surface area contributed by atoms with Crippen LogP contribution in [0.4, 0.5) is 0 Å². The number of rotatable bonds is 1. The van der Waals surface area contributed by atoms with Crippen LogP contribution in [0.1, 0.15) is 20.8 Å². The van der Waals surface area contributed by atoms with E-state index in [0.717, 1.165) is 0 Å². The number of Topliss-reactive ketones (excluding diaryl/α,β-unsaturated/α-hetero) is 1. The van der Waals surface area contributed by atoms with Crippen molar-refractivity contribution in [2.75, 3.05) is 0 Å². The Bertz CT molecular complexity index is 113. The Kier molecular flexibility index (Phi) is 23.0. The number of hydrogen-bond donors (Lipinski definition) is 2. The molecule has 0 saturated carbocycles. The maximum Gasteiger partial charge on any atom is 0.290 e. The molecule has 0 spiro atoms. The van der Waals surface area contributed by atoms with E-state index in [9.17, 15) is 4.79 Å². The highest BCUT2D eigenvalue weighted by atomic mass is 16.3. The molecule has 0 heterocycles. The monoisotopic (exact) mass is 178 g/mol. The molecule has 0 aromatic heterocycles. The first kappa shape index (κ1) is 16.9. The summed E-state index contributed by atoms with van der Waals surface area (Å²) in [5, 5.41) is 13.8. The van der Waals surface area contributed by atoms with Gasteiger partial charge in [0.15, 0.2) is 0 Å². The Hall–Kier alpha value is -1.39. The van der Waals surface area contributed by atoms with Gasteiger partial charge in [0.2, 0.25) is 0 Å². The van der Waals surface area contributed by atoms with Gasteiger partial charge in [0, 0.05) is 5.92 Å². The second kappa shape index (κ2) is 16.3. The minimum absolute atomic E-state index is 0.213. The fourth-order valence-corrected chi connectivity index (χ4v) is 0. The number of ketones is 1. The average Bonchev–Trinajstić information content (AvgIpc) is 1.90. The number of carbonyl (C=O) groups is 3. The van der Waals surface area contributed by atoms with Gasteiger partial charge in [-0.3, -0.25) is 14.4 Å². The Morgan fingerprint density at radius 2 is 1.25 bits per heavy atom. The van der Waals surface area contributed by atoms with E-state index in [0.29, 0.717) is 0 Å². The fraction of sp³-hybridized carbons (Fsp3) is 0.571. The first-order valence-electron chi connectivity index (χ1n) is 3.14. The molecule has 2 N–H and O–H groups in total. The first-order valence-corrected chi connectivity index (χ1v) is 3.14. The summed E-state index contributed by atoms with van der Waals surface area (Å²) in [6.45, 7) is 4.88.